The molecular formula is C78H109N21O24S3. The zero-order valence-corrected chi connectivity index (χ0v) is 72.9. The minimum atomic E-state index is -2.04. The zero-order valence-electron chi connectivity index (χ0n) is 70.5. The van der Waals surface area contributed by atoms with Crippen molar-refractivity contribution in [1.29, 1.82) is 5.41 Å². The fraction of sp³-hybridized carbons (Fsp3) is 0.526. The molecule has 0 bridgehead atoms. The van der Waals surface area contributed by atoms with Crippen LogP contribution in [-0.2, 0) is 84.7 Å². The van der Waals surface area contributed by atoms with Gasteiger partial charge in [-0.2, -0.15) is 4.98 Å². The van der Waals surface area contributed by atoms with Crippen molar-refractivity contribution in [2.75, 3.05) is 63.1 Å². The molecule has 48 heteroatoms. The maximum atomic E-state index is 14.8. The summed E-state index contributed by atoms with van der Waals surface area (Å²) in [4.78, 5) is 234. The van der Waals surface area contributed by atoms with Crippen LogP contribution in [0.4, 0.5) is 16.4 Å². The number of carbonyl (C=O) groups excluding carboxylic acids is 11. The Bertz CT molecular complexity index is 4700. The predicted molar refractivity (Wildman–Crippen MR) is 458 cm³/mol. The number of aromatic amines is 1. The number of thiazole rings is 1. The number of likely N-dealkylation sites (N-methyl/N-ethyl adjacent to an activating group) is 1. The molecule has 10 amide bonds. The average Bonchev–Trinajstić information content (AvgIpc) is 1.50. The first-order valence-corrected chi connectivity index (χ1v) is 43.4. The monoisotopic (exact) mass is 1820 g/mol. The van der Waals surface area contributed by atoms with Crippen molar-refractivity contribution in [3.05, 3.63) is 98.0 Å². The van der Waals surface area contributed by atoms with E-state index in [-0.39, 0.29) is 127 Å². The first-order chi connectivity index (χ1) is 59.7. The van der Waals surface area contributed by atoms with Crippen molar-refractivity contribution in [3.8, 4) is 5.75 Å². The van der Waals surface area contributed by atoms with Crippen molar-refractivity contribution < 1.29 is 112 Å². The molecule has 0 aliphatic carbocycles. The van der Waals surface area contributed by atoms with Gasteiger partial charge in [-0.05, 0) is 112 Å². The van der Waals surface area contributed by atoms with Gasteiger partial charge in [0, 0.05) is 79.6 Å². The van der Waals surface area contributed by atoms with Gasteiger partial charge in [-0.1, -0.05) is 81.2 Å². The summed E-state index contributed by atoms with van der Waals surface area (Å²) < 4.78 is 16.6. The van der Waals surface area contributed by atoms with E-state index in [4.69, 9.17) is 31.1 Å². The number of hydrogen-bond donors (Lipinski definition) is 20. The number of carbonyl (C=O) groups is 15. The third-order valence-corrected chi connectivity index (χ3v) is 23.2. The van der Waals surface area contributed by atoms with E-state index < -0.39 is 187 Å². The molecule has 3 aromatic heterocycles. The molecule has 4 heterocycles. The first-order valence-electron chi connectivity index (χ1n) is 40.1. The number of aromatic hydroxyl groups is 1. The molecule has 22 N–H and O–H groups in total. The number of amides is 10. The van der Waals surface area contributed by atoms with Crippen molar-refractivity contribution >= 4 is 151 Å². The Kier molecular flexibility index (Phi) is 41.4. The average molecular weight is 1820 g/mol. The molecule has 0 radical (unpaired) electrons. The zero-order chi connectivity index (χ0) is 93.0. The second kappa shape index (κ2) is 51.0. The van der Waals surface area contributed by atoms with Crippen LogP contribution in [0.15, 0.2) is 64.9 Å². The predicted octanol–water partition coefficient (Wildman–Crippen LogP) is 0.942. The number of ether oxygens (including phenoxy) is 3. The van der Waals surface area contributed by atoms with E-state index in [0.29, 0.717) is 29.8 Å². The number of rotatable bonds is 51. The molecule has 1 aliphatic rings. The number of phenols is 1. The lowest BCUT2D eigenvalue weighted by molar-refractivity contribution is -0.152. The Labute approximate surface area is 734 Å². The molecule has 12 atom stereocenters. The van der Waals surface area contributed by atoms with Gasteiger partial charge in [-0.3, -0.25) is 83.0 Å². The summed E-state index contributed by atoms with van der Waals surface area (Å²) in [5.41, 5.74) is 16.1. The van der Waals surface area contributed by atoms with Gasteiger partial charge in [0.05, 0.1) is 37.3 Å². The van der Waals surface area contributed by atoms with Gasteiger partial charge >= 0.3 is 35.9 Å². The number of hydrazine groups is 1. The first kappa shape index (κ1) is 102. The minimum absolute atomic E-state index is 0.0123. The van der Waals surface area contributed by atoms with E-state index in [2.05, 4.69) is 83.6 Å². The molecular weight excluding hydrogens is 1710 g/mol. The van der Waals surface area contributed by atoms with Crippen LogP contribution in [0.1, 0.15) is 162 Å². The fourth-order valence-corrected chi connectivity index (χ4v) is 15.8. The van der Waals surface area contributed by atoms with Gasteiger partial charge in [-0.25, -0.2) is 34.8 Å². The lowest BCUT2D eigenvalue weighted by Crippen LogP contribution is -2.59. The molecule has 2 aromatic carbocycles. The maximum Gasteiger partial charge on any atom is 0.426 e. The summed E-state index contributed by atoms with van der Waals surface area (Å²) in [6, 6.07) is -0.243. The molecule has 0 saturated carbocycles. The van der Waals surface area contributed by atoms with Gasteiger partial charge in [-0.15, -0.1) is 11.3 Å². The number of anilines is 2. The summed E-state index contributed by atoms with van der Waals surface area (Å²) in [6.45, 7) is 10.5. The number of aliphatic carboxylic acids is 4. The normalized spacial score (nSPS) is 15.2. The highest BCUT2D eigenvalue weighted by molar-refractivity contribution is 8.76. The summed E-state index contributed by atoms with van der Waals surface area (Å²) in [5.74, 6) is -17.6. The van der Waals surface area contributed by atoms with E-state index in [1.807, 2.05) is 39.6 Å². The number of aromatic nitrogens is 5. The molecule has 1 saturated heterocycles. The van der Waals surface area contributed by atoms with Crippen molar-refractivity contribution in [2.45, 2.75) is 192 Å². The Morgan fingerprint density at radius 1 is 0.754 bits per heavy atom. The third-order valence-electron chi connectivity index (χ3n) is 19.9. The smallest absolute Gasteiger partial charge is 0.426 e. The Morgan fingerprint density at radius 2 is 1.40 bits per heavy atom. The third kappa shape index (κ3) is 33.8. The summed E-state index contributed by atoms with van der Waals surface area (Å²) in [5, 5.41) is 81.4. The summed E-state index contributed by atoms with van der Waals surface area (Å²) in [6.07, 6.45) is -1.73. The van der Waals surface area contributed by atoms with Crippen molar-refractivity contribution in [1.82, 2.24) is 88.1 Å². The minimum Gasteiger partial charge on any atom is -0.508 e. The number of likely N-dealkylation sites (tertiary alicyclic amines) is 1. The number of nitrogen functional groups attached to an aromatic ring is 1. The second-order valence-corrected chi connectivity index (χ2v) is 33.5. The van der Waals surface area contributed by atoms with Gasteiger partial charge in [0.2, 0.25) is 47.3 Å². The quantitative estimate of drug-likeness (QED) is 0.00490. The van der Waals surface area contributed by atoms with Crippen LogP contribution in [0.5, 0.6) is 5.75 Å². The van der Waals surface area contributed by atoms with E-state index in [1.165, 1.54) is 73.8 Å². The second-order valence-electron chi connectivity index (χ2n) is 30.0. The highest BCUT2D eigenvalue weighted by Gasteiger charge is 2.41. The molecule has 688 valence electrons. The number of benzene rings is 2. The van der Waals surface area contributed by atoms with Crippen molar-refractivity contribution in [3.63, 3.8) is 0 Å². The number of hydrogen-bond acceptors (Lipinski definition) is 31. The number of fused-ring (bicyclic) bond motifs is 1. The van der Waals surface area contributed by atoms with E-state index >= 15 is 0 Å². The van der Waals surface area contributed by atoms with Crippen LogP contribution < -0.4 is 75.7 Å². The standard InChI is InChI=1S/C78H109N21O24S3/c1-9-40(4)61(93-70(113)55-14-10-11-26-98(55)7)73(115)99(38-121-8)56(39(2)3)33-57(123-42(6)100)72-92-53(36-124-72)69(112)86-46(30-43-15-21-48(101)22-16-43)29-41(5)64(107)96-97-78(120)122-27-28-125-126-37-54(75(118)119)91-68(111)52(32-60(105)106)90-66(109)49(13-12-25-82-76(79)80)88-67(110)51(31-59(103)104)87-58(102)24-23-50(74(116)117)89-65(108)44-17-19-45(20-18-44)83-34-47-35-84-63-62(85-47)71(114)95-77(81)94-63/h15-22,35-36,39-41,46,49-52,54-57,61,83,101H,9-14,23-34,37-38H2,1-8H3,(H,86,112)(H,87,102)(H,88,110)(H,89,108)(H,90,109)(H,91,111)(H,93,113)(H,96,107)(H,97,120)(H,103,104)(H,105,106)(H,116,117)(H,118,119)(H4,79,80,82)(H3,81,84,94,95,114)/t40?,41-,46+,49-,50-,51-,52-,54-,55+,56+,57+,61-/m0/s1. The molecule has 0 spiro atoms. The van der Waals surface area contributed by atoms with Crippen LogP contribution in [0.3, 0.4) is 0 Å². The fourth-order valence-electron chi connectivity index (χ4n) is 13.0. The number of esters is 1. The van der Waals surface area contributed by atoms with Gasteiger partial charge < -0.3 is 104 Å². The van der Waals surface area contributed by atoms with E-state index in [9.17, 15) is 102 Å². The number of nitrogens with zero attached hydrogens (tertiary/aromatic N) is 6. The van der Waals surface area contributed by atoms with Crippen LogP contribution in [0, 0.1) is 23.2 Å². The number of methoxy groups -OCH3 is 1. The summed E-state index contributed by atoms with van der Waals surface area (Å²) in [7, 11) is 5.14. The highest BCUT2D eigenvalue weighted by atomic mass is 33.1. The summed E-state index contributed by atoms with van der Waals surface area (Å²) >= 11 is 1.04. The van der Waals surface area contributed by atoms with Crippen LogP contribution >= 0.6 is 32.9 Å². The molecule has 6 rings (SSSR count). The van der Waals surface area contributed by atoms with Crippen molar-refractivity contribution in [2.24, 2.45) is 23.5 Å². The van der Waals surface area contributed by atoms with Crippen LogP contribution in [0.25, 0.3) is 11.2 Å². The van der Waals surface area contributed by atoms with E-state index in [0.717, 1.165) is 52.3 Å². The number of H-pyrrole nitrogens is 1. The number of carboxylic acid groups (broad SMARTS) is 4. The SMILES string of the molecule is CCC(C)[C@H](NC(=O)[C@H]1CCCCN1C)C(=O)N(COC)[C@H](C[C@@H](OC(C)=O)c1nc(C(=O)N[C@@H](Cc2ccc(O)cc2)C[C@H](C)C(=O)NNC(=O)OCCSSC[C@H](NC(=O)[C@H](CC(=O)O)NC(=O)[C@H](CCCNC(=N)N)NC(=O)[C@H](CC(=O)O)NC(=O)CC[C@H](NC(=O)c2ccc(NCc3cnc4nc(N)[nH]c(=O)c4n3)cc2)C(=O)O)C(=O)O)cs1)C(C)C. The van der Waals surface area contributed by atoms with Crippen LogP contribution in [-0.4, -0.2) is 262 Å². The van der Waals surface area contributed by atoms with Gasteiger partial charge in [0.25, 0.3) is 17.4 Å². The highest BCUT2D eigenvalue weighted by Crippen LogP contribution is 2.33. The number of carboxylic acids is 4. The Morgan fingerprint density at radius 3 is 2.02 bits per heavy atom. The Hall–Kier alpha value is -12.6. The number of nitrogens with one attached hydrogen (secondary N) is 13. The lowest BCUT2D eigenvalue weighted by Gasteiger charge is -2.39. The molecule has 1 unspecified atom stereocenters. The number of phenolic OH excluding ortho intramolecular Hbond substituents is 1. The molecule has 5 aromatic rings. The van der Waals surface area contributed by atoms with Crippen LogP contribution in [0.2, 0.25) is 0 Å². The molecule has 1 fully saturated rings. The topological polar surface area (TPSA) is 684 Å². The van der Waals surface area contributed by atoms with E-state index in [1.54, 1.807) is 12.1 Å². The molecule has 45 nitrogen and oxygen atoms in total. The number of piperidine rings is 1. The van der Waals surface area contributed by atoms with Gasteiger partial charge in [0.1, 0.15) is 66.0 Å². The number of guanidine groups is 1. The molecule has 1 aliphatic heterocycles. The lowest BCUT2D eigenvalue weighted by atomic mass is 9.92. The number of nitrogens with two attached hydrogens (primary N) is 2. The molecule has 126 heavy (non-hydrogen) atoms. The largest absolute Gasteiger partial charge is 0.508 e. The van der Waals surface area contributed by atoms with Gasteiger partial charge in [0.15, 0.2) is 23.2 Å². The maximum absolute atomic E-state index is 14.8. The Balaban J connectivity index is 0.993.